The summed E-state index contributed by atoms with van der Waals surface area (Å²) in [6.45, 7) is 1.79. The van der Waals surface area contributed by atoms with Gasteiger partial charge in [-0.3, -0.25) is 4.79 Å². The predicted molar refractivity (Wildman–Crippen MR) is 124 cm³/mol. The summed E-state index contributed by atoms with van der Waals surface area (Å²) in [6.07, 6.45) is -1.19. The summed E-state index contributed by atoms with van der Waals surface area (Å²) < 4.78 is 40.7. The summed E-state index contributed by atoms with van der Waals surface area (Å²) >= 11 is 0. The largest absolute Gasteiger partial charge is 0.416 e. The minimum atomic E-state index is -4.53. The molecular weight excluding hydrogens is 461 g/mol. The van der Waals surface area contributed by atoms with E-state index in [1.54, 1.807) is 24.3 Å². The standard InChI is InChI=1S/C23H21F3N8O/c1-33-9-7-16(11-33)34-21-18(20(27)29-12-30-21)19(32-34)13-2-4-14(5-3-13)22(35)31-17-10-15(6-8-28-17)23(24,25)26/h2-6,8,10,12,16H,7,9,11H2,1H3,(H2,27,29,30)(H,28,31,35). The number of nitrogens with two attached hydrogens (primary N) is 1. The number of likely N-dealkylation sites (N-methyl/N-ethyl adjacent to an activating group) is 1. The highest BCUT2D eigenvalue weighted by Crippen LogP contribution is 2.34. The number of benzene rings is 1. The molecule has 9 nitrogen and oxygen atoms in total. The third-order valence-electron chi connectivity index (χ3n) is 5.98. The molecule has 3 aromatic heterocycles. The van der Waals surface area contributed by atoms with Crippen LogP contribution in [0.3, 0.4) is 0 Å². The minimum Gasteiger partial charge on any atom is -0.383 e. The molecule has 0 bridgehead atoms. The lowest BCUT2D eigenvalue weighted by atomic mass is 10.1. The smallest absolute Gasteiger partial charge is 0.383 e. The number of rotatable bonds is 4. The molecule has 5 rings (SSSR count). The van der Waals surface area contributed by atoms with Gasteiger partial charge in [0.05, 0.1) is 17.0 Å². The number of fused-ring (bicyclic) bond motifs is 1. The van der Waals surface area contributed by atoms with Crippen LogP contribution in [0.15, 0.2) is 48.9 Å². The third kappa shape index (κ3) is 4.39. The van der Waals surface area contributed by atoms with Crippen molar-refractivity contribution in [3.8, 4) is 11.3 Å². The van der Waals surface area contributed by atoms with Crippen LogP contribution in [0.2, 0.25) is 0 Å². The lowest BCUT2D eigenvalue weighted by Gasteiger charge is -2.11. The van der Waals surface area contributed by atoms with Crippen molar-refractivity contribution in [2.45, 2.75) is 18.6 Å². The molecule has 3 N–H and O–H groups in total. The first-order valence-corrected chi connectivity index (χ1v) is 10.8. The highest BCUT2D eigenvalue weighted by Gasteiger charge is 2.31. The number of nitrogens with zero attached hydrogens (tertiary/aromatic N) is 6. The van der Waals surface area contributed by atoms with E-state index in [9.17, 15) is 18.0 Å². The van der Waals surface area contributed by atoms with Crippen molar-refractivity contribution in [1.29, 1.82) is 0 Å². The van der Waals surface area contributed by atoms with Crippen molar-refractivity contribution >= 4 is 28.6 Å². The Labute approximate surface area is 197 Å². The van der Waals surface area contributed by atoms with Crippen LogP contribution < -0.4 is 11.1 Å². The zero-order valence-corrected chi connectivity index (χ0v) is 18.6. The Bertz CT molecular complexity index is 1400. The summed E-state index contributed by atoms with van der Waals surface area (Å²) in [6, 6.07) is 8.30. The van der Waals surface area contributed by atoms with Crippen molar-refractivity contribution < 1.29 is 18.0 Å². The topological polar surface area (TPSA) is 115 Å². The molecule has 35 heavy (non-hydrogen) atoms. The average Bonchev–Trinajstić information content (AvgIpc) is 3.43. The van der Waals surface area contributed by atoms with Crippen LogP contribution in [0.4, 0.5) is 24.8 Å². The van der Waals surface area contributed by atoms with Gasteiger partial charge in [0, 0.05) is 30.4 Å². The molecule has 0 spiro atoms. The fourth-order valence-electron chi connectivity index (χ4n) is 4.21. The van der Waals surface area contributed by atoms with Gasteiger partial charge in [0.1, 0.15) is 23.7 Å². The van der Waals surface area contributed by atoms with Gasteiger partial charge < -0.3 is 16.0 Å². The van der Waals surface area contributed by atoms with E-state index in [1.165, 1.54) is 6.33 Å². The molecule has 12 heteroatoms. The quantitative estimate of drug-likeness (QED) is 0.457. The lowest BCUT2D eigenvalue weighted by Crippen LogP contribution is -2.17. The third-order valence-corrected chi connectivity index (χ3v) is 5.98. The van der Waals surface area contributed by atoms with Crippen LogP contribution in [0, 0.1) is 0 Å². The number of nitrogens with one attached hydrogen (secondary N) is 1. The summed E-state index contributed by atoms with van der Waals surface area (Å²) in [5.74, 6) is -0.472. The Kier molecular flexibility index (Phi) is 5.59. The van der Waals surface area contributed by atoms with Gasteiger partial charge in [-0.2, -0.15) is 18.3 Å². The van der Waals surface area contributed by atoms with Crippen LogP contribution in [-0.2, 0) is 6.18 Å². The molecule has 1 aliphatic heterocycles. The first-order chi connectivity index (χ1) is 16.7. The second kappa shape index (κ2) is 8.62. The maximum atomic E-state index is 12.9. The molecule has 1 amide bonds. The number of pyridine rings is 1. The molecule has 1 unspecified atom stereocenters. The zero-order valence-electron chi connectivity index (χ0n) is 18.6. The zero-order chi connectivity index (χ0) is 24.7. The first kappa shape index (κ1) is 22.7. The van der Waals surface area contributed by atoms with Gasteiger partial charge >= 0.3 is 6.18 Å². The molecule has 180 valence electrons. The summed E-state index contributed by atoms with van der Waals surface area (Å²) in [5.41, 5.74) is 7.47. The minimum absolute atomic E-state index is 0.149. The monoisotopic (exact) mass is 482 g/mol. The highest BCUT2D eigenvalue weighted by molar-refractivity contribution is 6.04. The summed E-state index contributed by atoms with van der Waals surface area (Å²) in [4.78, 5) is 27.1. The molecule has 1 saturated heterocycles. The van der Waals surface area contributed by atoms with Gasteiger partial charge in [-0.15, -0.1) is 0 Å². The van der Waals surface area contributed by atoms with E-state index in [0.29, 0.717) is 28.1 Å². The number of anilines is 2. The summed E-state index contributed by atoms with van der Waals surface area (Å²) in [5, 5.41) is 7.83. The van der Waals surface area contributed by atoms with Gasteiger partial charge in [0.2, 0.25) is 0 Å². The molecular formula is C23H21F3N8O. The fraction of sp³-hybridized carbons (Fsp3) is 0.261. The summed E-state index contributed by atoms with van der Waals surface area (Å²) in [7, 11) is 2.05. The first-order valence-electron chi connectivity index (χ1n) is 10.8. The number of carbonyl (C=O) groups excluding carboxylic acids is 1. The number of likely N-dealkylation sites (tertiary alicyclic amines) is 1. The van der Waals surface area contributed by atoms with E-state index in [0.717, 1.165) is 37.8 Å². The maximum Gasteiger partial charge on any atom is 0.416 e. The van der Waals surface area contributed by atoms with E-state index in [-0.39, 0.29) is 17.4 Å². The van der Waals surface area contributed by atoms with Crippen LogP contribution in [0.1, 0.15) is 28.4 Å². The van der Waals surface area contributed by atoms with Gasteiger partial charge in [-0.1, -0.05) is 12.1 Å². The molecule has 1 aromatic carbocycles. The van der Waals surface area contributed by atoms with Crippen molar-refractivity contribution in [3.05, 3.63) is 60.0 Å². The van der Waals surface area contributed by atoms with Crippen molar-refractivity contribution in [3.63, 3.8) is 0 Å². The molecule has 4 heterocycles. The Morgan fingerprint density at radius 2 is 1.91 bits per heavy atom. The van der Waals surface area contributed by atoms with Crippen molar-refractivity contribution in [2.24, 2.45) is 0 Å². The predicted octanol–water partition coefficient (Wildman–Crippen LogP) is 3.62. The average molecular weight is 482 g/mol. The number of nitrogen functional groups attached to an aromatic ring is 1. The lowest BCUT2D eigenvalue weighted by molar-refractivity contribution is -0.137. The van der Waals surface area contributed by atoms with E-state index in [4.69, 9.17) is 10.8 Å². The van der Waals surface area contributed by atoms with Gasteiger partial charge in [-0.25, -0.2) is 19.6 Å². The van der Waals surface area contributed by atoms with Crippen LogP contribution in [0.25, 0.3) is 22.3 Å². The number of aromatic nitrogens is 5. The second-order valence-corrected chi connectivity index (χ2v) is 8.41. The molecule has 1 aliphatic rings. The van der Waals surface area contributed by atoms with E-state index >= 15 is 0 Å². The number of amides is 1. The number of alkyl halides is 3. The number of halogens is 3. The fourth-order valence-corrected chi connectivity index (χ4v) is 4.21. The molecule has 0 saturated carbocycles. The van der Waals surface area contributed by atoms with Crippen molar-refractivity contribution in [1.82, 2.24) is 29.6 Å². The Morgan fingerprint density at radius 1 is 1.14 bits per heavy atom. The van der Waals surface area contributed by atoms with E-state index < -0.39 is 17.6 Å². The molecule has 1 fully saturated rings. The normalized spacial score (nSPS) is 16.6. The Morgan fingerprint density at radius 3 is 2.60 bits per heavy atom. The Balaban J connectivity index is 1.43. The van der Waals surface area contributed by atoms with Crippen LogP contribution in [0.5, 0.6) is 0 Å². The SMILES string of the molecule is CN1CCC(n2nc(-c3ccc(C(=O)Nc4cc(C(F)(F)F)ccn4)cc3)c3c(N)ncnc32)C1. The molecule has 1 atom stereocenters. The maximum absolute atomic E-state index is 12.9. The molecule has 0 radical (unpaired) electrons. The number of hydrogen-bond acceptors (Lipinski definition) is 7. The van der Waals surface area contributed by atoms with Gasteiger partial charge in [-0.05, 0) is 37.7 Å². The number of carbonyl (C=O) groups is 1. The highest BCUT2D eigenvalue weighted by atomic mass is 19.4. The second-order valence-electron chi connectivity index (χ2n) is 8.41. The van der Waals surface area contributed by atoms with Crippen LogP contribution in [-0.4, -0.2) is 55.7 Å². The Hall–Kier alpha value is -4.06. The molecule has 4 aromatic rings. The number of hydrogen-bond donors (Lipinski definition) is 2. The molecule has 0 aliphatic carbocycles. The van der Waals surface area contributed by atoms with Crippen molar-refractivity contribution in [2.75, 3.05) is 31.2 Å². The van der Waals surface area contributed by atoms with Gasteiger partial charge in [0.15, 0.2) is 5.65 Å². The van der Waals surface area contributed by atoms with E-state index in [2.05, 4.69) is 32.2 Å². The van der Waals surface area contributed by atoms with Gasteiger partial charge in [0.25, 0.3) is 5.91 Å². The van der Waals surface area contributed by atoms with E-state index in [1.807, 2.05) is 4.68 Å². The van der Waals surface area contributed by atoms with Crippen LogP contribution >= 0.6 is 0 Å².